The summed E-state index contributed by atoms with van der Waals surface area (Å²) < 4.78 is 23.5. The smallest absolute Gasteiger partial charge is 0.252 e. The second-order valence-electron chi connectivity index (χ2n) is 6.07. The van der Waals surface area contributed by atoms with Gasteiger partial charge in [0, 0.05) is 15.6 Å². The fourth-order valence-corrected chi connectivity index (χ4v) is 3.50. The van der Waals surface area contributed by atoms with E-state index in [1.54, 1.807) is 6.92 Å². The Hall–Kier alpha value is -0.920. The van der Waals surface area contributed by atoms with E-state index in [1.807, 2.05) is 13.8 Å². The average molecular weight is 375 g/mol. The lowest BCUT2D eigenvalue weighted by Gasteiger charge is -2.26. The molecule has 0 spiro atoms. The molecule has 0 saturated heterocycles. The number of hydrogen-bond donors (Lipinski definition) is 2. The molecule has 1 aromatic rings. The van der Waals surface area contributed by atoms with Crippen molar-refractivity contribution in [2.24, 2.45) is 11.1 Å². The molecule has 1 fully saturated rings. The van der Waals surface area contributed by atoms with E-state index in [-0.39, 0.29) is 16.3 Å². The highest BCUT2D eigenvalue weighted by molar-refractivity contribution is 9.10. The molecule has 0 bridgehead atoms. The molecule has 0 aliphatic heterocycles. The van der Waals surface area contributed by atoms with Crippen molar-refractivity contribution in [2.75, 3.05) is 0 Å². The summed E-state index contributed by atoms with van der Waals surface area (Å²) in [6, 6.07) is 2.74. The van der Waals surface area contributed by atoms with Crippen molar-refractivity contribution < 1.29 is 13.2 Å². The highest BCUT2D eigenvalue weighted by Crippen LogP contribution is 2.39. The molecular formula is C14H19BrN2O3S. The minimum atomic E-state index is -3.86. The molecule has 0 heterocycles. The summed E-state index contributed by atoms with van der Waals surface area (Å²) >= 11 is 3.28. The molecular weight excluding hydrogens is 356 g/mol. The maximum absolute atomic E-state index is 12.5. The quantitative estimate of drug-likeness (QED) is 0.847. The largest absolute Gasteiger partial charge is 0.347 e. The van der Waals surface area contributed by atoms with Gasteiger partial charge >= 0.3 is 0 Å². The van der Waals surface area contributed by atoms with E-state index >= 15 is 0 Å². The van der Waals surface area contributed by atoms with Crippen LogP contribution in [0.4, 0.5) is 0 Å². The molecule has 21 heavy (non-hydrogen) atoms. The molecule has 1 aliphatic rings. The van der Waals surface area contributed by atoms with Gasteiger partial charge in [0.15, 0.2) is 0 Å². The monoisotopic (exact) mass is 374 g/mol. The van der Waals surface area contributed by atoms with E-state index in [9.17, 15) is 13.2 Å². The second-order valence-corrected chi connectivity index (χ2v) is 8.49. The summed E-state index contributed by atoms with van der Waals surface area (Å²) in [6.07, 6.45) is 2.21. The lowest BCUT2D eigenvalue weighted by Crippen LogP contribution is -2.45. The van der Waals surface area contributed by atoms with E-state index in [0.29, 0.717) is 21.5 Å². The first-order valence-electron chi connectivity index (χ1n) is 6.68. The number of carbonyl (C=O) groups is 1. The zero-order valence-electron chi connectivity index (χ0n) is 12.2. The third-order valence-electron chi connectivity index (χ3n) is 3.92. The van der Waals surface area contributed by atoms with Gasteiger partial charge in [0.2, 0.25) is 10.0 Å². The van der Waals surface area contributed by atoms with Gasteiger partial charge in [0.05, 0.1) is 4.90 Å². The van der Waals surface area contributed by atoms with E-state index in [2.05, 4.69) is 21.2 Å². The second kappa shape index (κ2) is 5.37. The van der Waals surface area contributed by atoms with Gasteiger partial charge in [-0.2, -0.15) is 0 Å². The van der Waals surface area contributed by atoms with Crippen molar-refractivity contribution in [3.05, 3.63) is 27.7 Å². The minimum absolute atomic E-state index is 0.0747. The van der Waals surface area contributed by atoms with Crippen molar-refractivity contribution in [3.63, 3.8) is 0 Å². The molecule has 0 atom stereocenters. The third-order valence-corrected chi connectivity index (χ3v) is 5.64. The lowest BCUT2D eigenvalue weighted by atomic mass is 9.97. The van der Waals surface area contributed by atoms with Crippen LogP contribution in [0.2, 0.25) is 0 Å². The van der Waals surface area contributed by atoms with Crippen LogP contribution < -0.4 is 10.5 Å². The van der Waals surface area contributed by atoms with Gasteiger partial charge in [-0.15, -0.1) is 0 Å². The number of carbonyl (C=O) groups excluding carboxylic acids is 1. The molecule has 0 radical (unpaired) electrons. The number of amides is 1. The number of benzene rings is 1. The van der Waals surface area contributed by atoms with Gasteiger partial charge < -0.3 is 5.32 Å². The SMILES string of the molecule is Cc1c(Br)cc(S(N)(=O)=O)cc1C(=O)NC(C)(C)C1CC1. The van der Waals surface area contributed by atoms with Crippen LogP contribution >= 0.6 is 15.9 Å². The third kappa shape index (κ3) is 3.64. The standard InChI is InChI=1S/C14H19BrN2O3S/c1-8-11(6-10(7-12(8)15)21(16,19)20)13(18)17-14(2,3)9-4-5-9/h6-7,9H,4-5H2,1-3H3,(H,17,18)(H2,16,19,20). The van der Waals surface area contributed by atoms with Gasteiger partial charge in [0.25, 0.3) is 5.91 Å². The van der Waals surface area contributed by atoms with Crippen molar-refractivity contribution in [3.8, 4) is 0 Å². The summed E-state index contributed by atoms with van der Waals surface area (Å²) in [5.41, 5.74) is 0.710. The zero-order valence-corrected chi connectivity index (χ0v) is 14.6. The normalized spacial score (nSPS) is 15.9. The summed E-state index contributed by atoms with van der Waals surface area (Å²) in [7, 11) is -3.86. The molecule has 7 heteroatoms. The Bertz CT molecular complexity index is 694. The first-order chi connectivity index (χ1) is 9.52. The minimum Gasteiger partial charge on any atom is -0.347 e. The Labute approximate surface area is 133 Å². The van der Waals surface area contributed by atoms with Gasteiger partial charge in [-0.1, -0.05) is 15.9 Å². The first kappa shape index (κ1) is 16.5. The Morgan fingerprint density at radius 3 is 2.43 bits per heavy atom. The van der Waals surface area contributed by atoms with Crippen LogP contribution in [0, 0.1) is 12.8 Å². The molecule has 1 aliphatic carbocycles. The summed E-state index contributed by atoms with van der Waals surface area (Å²) in [4.78, 5) is 12.4. The predicted octanol–water partition coefficient (Wildman–Crippen LogP) is 2.32. The summed E-state index contributed by atoms with van der Waals surface area (Å²) in [5, 5.41) is 8.14. The molecule has 3 N–H and O–H groups in total. The van der Waals surface area contributed by atoms with Crippen LogP contribution in [0.5, 0.6) is 0 Å². The number of nitrogens with one attached hydrogen (secondary N) is 1. The summed E-state index contributed by atoms with van der Waals surface area (Å²) in [6.45, 7) is 5.73. The van der Waals surface area contributed by atoms with E-state index in [4.69, 9.17) is 5.14 Å². The number of halogens is 1. The number of rotatable bonds is 4. The van der Waals surface area contributed by atoms with Crippen LogP contribution in [0.15, 0.2) is 21.5 Å². The Morgan fingerprint density at radius 2 is 1.95 bits per heavy atom. The van der Waals surface area contributed by atoms with Crippen LogP contribution in [0.3, 0.4) is 0 Å². The Balaban J connectivity index is 2.38. The molecule has 1 saturated carbocycles. The number of sulfonamides is 1. The van der Waals surface area contributed by atoms with E-state index < -0.39 is 10.0 Å². The molecule has 0 aromatic heterocycles. The molecule has 116 valence electrons. The van der Waals surface area contributed by atoms with Gasteiger partial charge in [-0.25, -0.2) is 13.6 Å². The zero-order chi connectivity index (χ0) is 16.0. The van der Waals surface area contributed by atoms with Gasteiger partial charge in [-0.05, 0) is 57.2 Å². The van der Waals surface area contributed by atoms with Crippen molar-refractivity contribution in [1.29, 1.82) is 0 Å². The fraction of sp³-hybridized carbons (Fsp3) is 0.500. The maximum atomic E-state index is 12.5. The van der Waals surface area contributed by atoms with Crippen LogP contribution in [0.25, 0.3) is 0 Å². The van der Waals surface area contributed by atoms with Crippen molar-refractivity contribution in [1.82, 2.24) is 5.32 Å². The predicted molar refractivity (Wildman–Crippen MR) is 84.5 cm³/mol. The van der Waals surface area contributed by atoms with E-state index in [1.165, 1.54) is 12.1 Å². The molecule has 1 aromatic carbocycles. The highest BCUT2D eigenvalue weighted by atomic mass is 79.9. The average Bonchev–Trinajstić information content (AvgIpc) is 3.14. The lowest BCUT2D eigenvalue weighted by molar-refractivity contribution is 0.0902. The Kier molecular flexibility index (Phi) is 4.21. The molecule has 5 nitrogen and oxygen atoms in total. The number of hydrogen-bond acceptors (Lipinski definition) is 3. The highest BCUT2D eigenvalue weighted by Gasteiger charge is 2.39. The molecule has 1 amide bonds. The van der Waals surface area contributed by atoms with Crippen molar-refractivity contribution >= 4 is 31.9 Å². The van der Waals surface area contributed by atoms with Crippen molar-refractivity contribution in [2.45, 2.75) is 44.0 Å². The summed E-state index contributed by atoms with van der Waals surface area (Å²) in [5.74, 6) is 0.197. The first-order valence-corrected chi connectivity index (χ1v) is 9.02. The van der Waals surface area contributed by atoms with Crippen LogP contribution in [-0.4, -0.2) is 19.9 Å². The fourth-order valence-electron chi connectivity index (χ4n) is 2.32. The van der Waals surface area contributed by atoms with Gasteiger partial charge in [-0.3, -0.25) is 4.79 Å². The number of nitrogens with two attached hydrogens (primary N) is 1. The molecule has 0 unspecified atom stereocenters. The van der Waals surface area contributed by atoms with Crippen LogP contribution in [0.1, 0.15) is 42.6 Å². The van der Waals surface area contributed by atoms with E-state index in [0.717, 1.165) is 12.8 Å². The number of primary sulfonamides is 1. The molecule has 2 rings (SSSR count). The Morgan fingerprint density at radius 1 is 1.38 bits per heavy atom. The van der Waals surface area contributed by atoms with Gasteiger partial charge in [0.1, 0.15) is 0 Å². The maximum Gasteiger partial charge on any atom is 0.252 e. The topological polar surface area (TPSA) is 89.3 Å². The van der Waals surface area contributed by atoms with Crippen LogP contribution in [-0.2, 0) is 10.0 Å².